The Labute approximate surface area is 181 Å². The minimum atomic E-state index is -2.30. The van der Waals surface area contributed by atoms with Gasteiger partial charge in [0.05, 0.1) is 5.56 Å². The van der Waals surface area contributed by atoms with Gasteiger partial charge < -0.3 is 29.9 Å². The van der Waals surface area contributed by atoms with E-state index in [1.54, 1.807) is 6.07 Å². The first kappa shape index (κ1) is 21.3. The quantitative estimate of drug-likeness (QED) is 0.420. The first-order chi connectivity index (χ1) is 14.7. The fraction of sp³-hybridized carbons (Fsp3) is 0.360. The van der Waals surface area contributed by atoms with Gasteiger partial charge in [0.1, 0.15) is 23.0 Å². The van der Waals surface area contributed by atoms with Crippen molar-refractivity contribution in [2.24, 2.45) is 0 Å². The number of hydrogen-bond donors (Lipinski definition) is 4. The Morgan fingerprint density at radius 2 is 1.77 bits per heavy atom. The summed E-state index contributed by atoms with van der Waals surface area (Å²) in [4.78, 5) is 0. The lowest BCUT2D eigenvalue weighted by Crippen LogP contribution is -2.48. The normalized spacial score (nSPS) is 20.7. The Kier molecular flexibility index (Phi) is 5.45. The Bertz CT molecular complexity index is 1060. The standard InChI is InChI=1S/C25H28O6/c1-14(2)5-4-6-15(3)7-8-16-11-18-21(13-20(16)27)31-24-23(18)30-22-12-17(26)9-10-19(22)25(24,28)29/h5,7,9-13,23-24,26-29H,4,6,8H2,1-3H3/b15-7+. The molecule has 0 saturated carbocycles. The first-order valence-corrected chi connectivity index (χ1v) is 10.4. The zero-order valence-corrected chi connectivity index (χ0v) is 17.9. The number of ether oxygens (including phenoxy) is 2. The largest absolute Gasteiger partial charge is 0.508 e. The second-order valence-electron chi connectivity index (χ2n) is 8.58. The van der Waals surface area contributed by atoms with Gasteiger partial charge in [-0.1, -0.05) is 23.3 Å². The van der Waals surface area contributed by atoms with Gasteiger partial charge in [0, 0.05) is 17.7 Å². The lowest BCUT2D eigenvalue weighted by atomic mass is 9.90. The van der Waals surface area contributed by atoms with E-state index < -0.39 is 18.0 Å². The highest BCUT2D eigenvalue weighted by Crippen LogP contribution is 2.52. The van der Waals surface area contributed by atoms with E-state index in [0.29, 0.717) is 23.3 Å². The SMILES string of the molecule is CC(C)=CCC/C(C)=C/Cc1cc2c(cc1O)OC1C2Oc2cc(O)ccc2C1(O)O. The topological polar surface area (TPSA) is 99.4 Å². The van der Waals surface area contributed by atoms with E-state index in [1.807, 2.05) is 0 Å². The van der Waals surface area contributed by atoms with E-state index in [0.717, 1.165) is 12.8 Å². The third-order valence-electron chi connectivity index (χ3n) is 5.82. The summed E-state index contributed by atoms with van der Waals surface area (Å²) in [6, 6.07) is 7.40. The van der Waals surface area contributed by atoms with Crippen molar-refractivity contribution < 1.29 is 29.9 Å². The molecule has 0 aliphatic carbocycles. The predicted molar refractivity (Wildman–Crippen MR) is 116 cm³/mol. The highest BCUT2D eigenvalue weighted by molar-refractivity contribution is 5.54. The predicted octanol–water partition coefficient (Wildman–Crippen LogP) is 4.37. The van der Waals surface area contributed by atoms with Gasteiger partial charge in [-0.3, -0.25) is 0 Å². The fourth-order valence-electron chi connectivity index (χ4n) is 4.08. The Morgan fingerprint density at radius 1 is 1.00 bits per heavy atom. The van der Waals surface area contributed by atoms with Gasteiger partial charge in [0.15, 0.2) is 12.2 Å². The van der Waals surface area contributed by atoms with Crippen LogP contribution in [0.3, 0.4) is 0 Å². The average molecular weight is 424 g/mol. The molecular weight excluding hydrogens is 396 g/mol. The molecule has 31 heavy (non-hydrogen) atoms. The molecule has 2 aliphatic rings. The molecule has 6 heteroatoms. The molecule has 0 radical (unpaired) electrons. The molecule has 2 atom stereocenters. The molecular formula is C25H28O6. The molecule has 4 rings (SSSR count). The van der Waals surface area contributed by atoms with Crippen LogP contribution in [-0.4, -0.2) is 26.5 Å². The van der Waals surface area contributed by atoms with Crippen LogP contribution in [0, 0.1) is 0 Å². The van der Waals surface area contributed by atoms with Gasteiger partial charge in [0.25, 0.3) is 0 Å². The summed E-state index contributed by atoms with van der Waals surface area (Å²) in [6.45, 7) is 6.23. The molecule has 0 spiro atoms. The van der Waals surface area contributed by atoms with Crippen molar-refractivity contribution in [1.29, 1.82) is 0 Å². The summed E-state index contributed by atoms with van der Waals surface area (Å²) in [6.07, 6.45) is 4.90. The zero-order chi connectivity index (χ0) is 22.3. The van der Waals surface area contributed by atoms with Crippen LogP contribution >= 0.6 is 0 Å². The van der Waals surface area contributed by atoms with E-state index in [9.17, 15) is 20.4 Å². The maximum atomic E-state index is 10.8. The van der Waals surface area contributed by atoms with E-state index in [1.165, 1.54) is 35.4 Å². The molecule has 0 aromatic heterocycles. The van der Waals surface area contributed by atoms with Crippen molar-refractivity contribution in [1.82, 2.24) is 0 Å². The highest BCUT2D eigenvalue weighted by atomic mass is 16.6. The smallest absolute Gasteiger partial charge is 0.236 e. The molecule has 4 N–H and O–H groups in total. The number of phenols is 2. The Balaban J connectivity index is 1.60. The van der Waals surface area contributed by atoms with Gasteiger partial charge in [-0.05, 0) is 63.8 Å². The molecule has 0 amide bonds. The maximum absolute atomic E-state index is 10.8. The molecule has 2 unspecified atom stereocenters. The van der Waals surface area contributed by atoms with Gasteiger partial charge in [-0.25, -0.2) is 0 Å². The molecule has 0 fully saturated rings. The van der Waals surface area contributed by atoms with Crippen molar-refractivity contribution in [3.8, 4) is 23.0 Å². The summed E-state index contributed by atoms with van der Waals surface area (Å²) in [5.41, 5.74) is 3.99. The summed E-state index contributed by atoms with van der Waals surface area (Å²) in [5, 5.41) is 41.8. The molecule has 0 saturated heterocycles. The molecule has 164 valence electrons. The number of rotatable bonds is 5. The summed E-state index contributed by atoms with van der Waals surface area (Å²) in [5.74, 6) is -1.71. The lowest BCUT2D eigenvalue weighted by Gasteiger charge is -2.37. The van der Waals surface area contributed by atoms with Crippen LogP contribution in [0.15, 0.2) is 53.6 Å². The number of aromatic hydroxyl groups is 2. The number of aliphatic hydroxyl groups is 2. The second-order valence-corrected chi connectivity index (χ2v) is 8.58. The lowest BCUT2D eigenvalue weighted by molar-refractivity contribution is -0.250. The monoisotopic (exact) mass is 424 g/mol. The number of phenolic OH excluding ortho intramolecular Hbond substituents is 2. The molecule has 2 aromatic rings. The Hall–Kier alpha value is -2.96. The van der Waals surface area contributed by atoms with Crippen LogP contribution in [0.2, 0.25) is 0 Å². The van der Waals surface area contributed by atoms with Gasteiger partial charge in [-0.15, -0.1) is 0 Å². The van der Waals surface area contributed by atoms with Crippen molar-refractivity contribution in [2.45, 2.75) is 58.0 Å². The minimum Gasteiger partial charge on any atom is -0.508 e. The van der Waals surface area contributed by atoms with Crippen LogP contribution in [0.1, 0.15) is 56.4 Å². The molecule has 0 bridgehead atoms. The summed E-state index contributed by atoms with van der Waals surface area (Å²) in [7, 11) is 0. The van der Waals surface area contributed by atoms with Crippen LogP contribution in [0.4, 0.5) is 0 Å². The third kappa shape index (κ3) is 4.01. The van der Waals surface area contributed by atoms with Gasteiger partial charge in [-0.2, -0.15) is 0 Å². The molecule has 2 aromatic carbocycles. The third-order valence-corrected chi connectivity index (χ3v) is 5.82. The average Bonchev–Trinajstić information content (AvgIpc) is 3.03. The maximum Gasteiger partial charge on any atom is 0.236 e. The highest BCUT2D eigenvalue weighted by Gasteiger charge is 2.55. The van der Waals surface area contributed by atoms with Crippen LogP contribution in [0.25, 0.3) is 0 Å². The zero-order valence-electron chi connectivity index (χ0n) is 17.9. The van der Waals surface area contributed by atoms with E-state index in [-0.39, 0.29) is 22.8 Å². The number of fused-ring (bicyclic) bond motifs is 4. The number of benzene rings is 2. The first-order valence-electron chi connectivity index (χ1n) is 10.4. The van der Waals surface area contributed by atoms with Gasteiger partial charge in [0.2, 0.25) is 5.79 Å². The van der Waals surface area contributed by atoms with Crippen LogP contribution in [-0.2, 0) is 12.2 Å². The van der Waals surface area contributed by atoms with E-state index in [2.05, 4.69) is 32.9 Å². The molecule has 6 nitrogen and oxygen atoms in total. The van der Waals surface area contributed by atoms with E-state index >= 15 is 0 Å². The summed E-state index contributed by atoms with van der Waals surface area (Å²) >= 11 is 0. The van der Waals surface area contributed by atoms with Gasteiger partial charge >= 0.3 is 0 Å². The fourth-order valence-corrected chi connectivity index (χ4v) is 4.08. The number of hydrogen-bond acceptors (Lipinski definition) is 6. The Morgan fingerprint density at radius 3 is 2.52 bits per heavy atom. The van der Waals surface area contributed by atoms with E-state index in [4.69, 9.17) is 9.47 Å². The molecule has 2 heterocycles. The number of allylic oxidation sites excluding steroid dienone is 4. The van der Waals surface area contributed by atoms with Crippen molar-refractivity contribution in [3.63, 3.8) is 0 Å². The second kappa shape index (κ2) is 7.94. The van der Waals surface area contributed by atoms with Crippen LogP contribution in [0.5, 0.6) is 23.0 Å². The molecule has 2 aliphatic heterocycles. The minimum absolute atomic E-state index is 0.0349. The summed E-state index contributed by atoms with van der Waals surface area (Å²) < 4.78 is 11.8. The van der Waals surface area contributed by atoms with Crippen molar-refractivity contribution >= 4 is 0 Å². The van der Waals surface area contributed by atoms with Crippen LogP contribution < -0.4 is 9.47 Å². The van der Waals surface area contributed by atoms with Crippen molar-refractivity contribution in [3.05, 3.63) is 70.3 Å². The van der Waals surface area contributed by atoms with Crippen molar-refractivity contribution in [2.75, 3.05) is 0 Å².